The molecule has 0 unspecified atom stereocenters. The molecule has 2 rings (SSSR count). The number of halogens is 3. The quantitative estimate of drug-likeness (QED) is 0.407. The molecular formula is C20H25Cl3N4O5. The minimum Gasteiger partial charge on any atom is -0.495 e. The van der Waals surface area contributed by atoms with Crippen LogP contribution in [0.25, 0.3) is 0 Å². The summed E-state index contributed by atoms with van der Waals surface area (Å²) >= 11 is 17.9. The normalized spacial score (nSPS) is 10.4. The van der Waals surface area contributed by atoms with Gasteiger partial charge in [-0.3, -0.25) is 4.79 Å². The highest BCUT2D eigenvalue weighted by molar-refractivity contribution is 6.42. The molecular weight excluding hydrogens is 483 g/mol. The molecule has 1 aromatic carbocycles. The average molecular weight is 508 g/mol. The van der Waals surface area contributed by atoms with Crippen LogP contribution in [0.4, 0.5) is 16.3 Å². The van der Waals surface area contributed by atoms with Crippen LogP contribution in [-0.4, -0.2) is 56.4 Å². The number of carbonyl (C=O) groups is 2. The van der Waals surface area contributed by atoms with Crippen molar-refractivity contribution in [3.05, 3.63) is 33.7 Å². The minimum atomic E-state index is -0.915. The fourth-order valence-corrected chi connectivity index (χ4v) is 2.98. The molecule has 0 aliphatic rings. The predicted octanol–water partition coefficient (Wildman–Crippen LogP) is 5.10. The second-order valence-corrected chi connectivity index (χ2v) is 8.45. The molecule has 12 heteroatoms. The van der Waals surface area contributed by atoms with Crippen molar-refractivity contribution in [2.75, 3.05) is 38.1 Å². The molecule has 0 aliphatic carbocycles. The first-order valence-electron chi connectivity index (χ1n) is 9.08. The van der Waals surface area contributed by atoms with Crippen molar-refractivity contribution in [3.63, 3.8) is 0 Å². The van der Waals surface area contributed by atoms with E-state index >= 15 is 0 Å². The molecule has 0 saturated heterocycles. The molecule has 0 radical (unpaired) electrons. The van der Waals surface area contributed by atoms with Gasteiger partial charge in [-0.1, -0.05) is 34.8 Å². The smallest absolute Gasteiger partial charge is 0.421 e. The lowest BCUT2D eigenvalue weighted by Gasteiger charge is -2.25. The topological polar surface area (TPSA) is 94.1 Å². The average Bonchev–Trinajstić information content (AvgIpc) is 2.70. The van der Waals surface area contributed by atoms with Gasteiger partial charge in [-0.25, -0.2) is 19.7 Å². The number of hydrogen-bond acceptors (Lipinski definition) is 8. The second-order valence-electron chi connectivity index (χ2n) is 7.31. The molecule has 1 heterocycles. The van der Waals surface area contributed by atoms with E-state index in [-0.39, 0.29) is 33.6 Å². The Morgan fingerprint density at radius 2 is 1.53 bits per heavy atom. The van der Waals surface area contributed by atoms with Crippen molar-refractivity contribution in [3.8, 4) is 11.5 Å². The lowest BCUT2D eigenvalue weighted by molar-refractivity contribution is -0.107. The summed E-state index contributed by atoms with van der Waals surface area (Å²) in [6, 6.07) is 3.16. The fourth-order valence-electron chi connectivity index (χ4n) is 2.15. The first-order chi connectivity index (χ1) is 14.9. The van der Waals surface area contributed by atoms with Gasteiger partial charge in [0.2, 0.25) is 6.41 Å². The third-order valence-corrected chi connectivity index (χ3v) is 4.50. The third kappa shape index (κ3) is 7.58. The van der Waals surface area contributed by atoms with Gasteiger partial charge in [-0.2, -0.15) is 0 Å². The maximum atomic E-state index is 12.2. The molecule has 0 saturated carbocycles. The van der Waals surface area contributed by atoms with E-state index in [2.05, 4.69) is 9.97 Å². The van der Waals surface area contributed by atoms with Gasteiger partial charge in [0.05, 0.1) is 19.9 Å². The van der Waals surface area contributed by atoms with Crippen LogP contribution in [0.1, 0.15) is 20.8 Å². The monoisotopic (exact) mass is 506 g/mol. The van der Waals surface area contributed by atoms with Crippen LogP contribution in [0.5, 0.6) is 11.5 Å². The van der Waals surface area contributed by atoms with Gasteiger partial charge in [0.1, 0.15) is 44.4 Å². The second kappa shape index (κ2) is 11.9. The number of carbonyl (C=O) groups excluding carboxylic acids is 2. The molecule has 0 aliphatic heterocycles. The first kappa shape index (κ1) is 27.5. The Balaban J connectivity index is 0.000000425. The molecule has 176 valence electrons. The van der Waals surface area contributed by atoms with Crippen LogP contribution in [0.2, 0.25) is 15.2 Å². The van der Waals surface area contributed by atoms with E-state index in [0.717, 1.165) is 5.82 Å². The SMILES string of the molecule is CN(C)c1cc(Cl)ncn1.COc1cc(OC)c(Cl)c(N(C=O)C(=O)OC(C)(C)C)c1Cl. The van der Waals surface area contributed by atoms with E-state index in [9.17, 15) is 9.59 Å². The summed E-state index contributed by atoms with van der Waals surface area (Å²) in [6.45, 7) is 5.01. The van der Waals surface area contributed by atoms with Crippen LogP contribution < -0.4 is 19.3 Å². The molecule has 2 aromatic rings. The Kier molecular flexibility index (Phi) is 10.3. The van der Waals surface area contributed by atoms with Gasteiger partial charge >= 0.3 is 6.09 Å². The molecule has 9 nitrogen and oxygen atoms in total. The Hall–Kier alpha value is -2.49. The van der Waals surface area contributed by atoms with E-state index in [1.807, 2.05) is 19.0 Å². The number of rotatable bonds is 5. The molecule has 0 spiro atoms. The predicted molar refractivity (Wildman–Crippen MR) is 126 cm³/mol. The highest BCUT2D eigenvalue weighted by atomic mass is 35.5. The Morgan fingerprint density at radius 3 is 1.88 bits per heavy atom. The molecule has 0 atom stereocenters. The van der Waals surface area contributed by atoms with E-state index in [1.54, 1.807) is 26.8 Å². The molecule has 0 fully saturated rings. The van der Waals surface area contributed by atoms with Gasteiger partial charge in [-0.15, -0.1) is 0 Å². The zero-order valence-corrected chi connectivity index (χ0v) is 21.0. The van der Waals surface area contributed by atoms with Crippen molar-refractivity contribution in [2.24, 2.45) is 0 Å². The van der Waals surface area contributed by atoms with E-state index in [0.29, 0.717) is 10.1 Å². The van der Waals surface area contributed by atoms with Crippen molar-refractivity contribution in [1.82, 2.24) is 9.97 Å². The Labute approximate surface area is 202 Å². The maximum Gasteiger partial charge on any atom is 0.421 e. The summed E-state index contributed by atoms with van der Waals surface area (Å²) in [6.07, 6.45) is 0.791. The summed E-state index contributed by atoms with van der Waals surface area (Å²) in [5.41, 5.74) is -0.857. The van der Waals surface area contributed by atoms with Crippen LogP contribution in [0, 0.1) is 0 Å². The summed E-state index contributed by atoms with van der Waals surface area (Å²) in [5, 5.41) is 0.455. The molecule has 0 N–H and O–H groups in total. The van der Waals surface area contributed by atoms with E-state index < -0.39 is 11.7 Å². The van der Waals surface area contributed by atoms with Gasteiger partial charge < -0.3 is 19.1 Å². The number of anilines is 2. The minimum absolute atomic E-state index is 0.00809. The number of methoxy groups -OCH3 is 2. The van der Waals surface area contributed by atoms with E-state index in [1.165, 1.54) is 26.6 Å². The van der Waals surface area contributed by atoms with Crippen molar-refractivity contribution in [2.45, 2.75) is 26.4 Å². The number of imide groups is 1. The number of hydrogen-bond donors (Lipinski definition) is 0. The molecule has 0 bridgehead atoms. The number of aromatic nitrogens is 2. The molecule has 1 aromatic heterocycles. The van der Waals surface area contributed by atoms with Crippen LogP contribution >= 0.6 is 34.8 Å². The fraction of sp³-hybridized carbons (Fsp3) is 0.400. The maximum absolute atomic E-state index is 12.2. The van der Waals surface area contributed by atoms with Gasteiger partial charge in [-0.05, 0) is 20.8 Å². The number of ether oxygens (including phenoxy) is 3. The number of benzene rings is 1. The highest BCUT2D eigenvalue weighted by Crippen LogP contribution is 2.46. The van der Waals surface area contributed by atoms with Crippen LogP contribution in [0.3, 0.4) is 0 Å². The van der Waals surface area contributed by atoms with Crippen molar-refractivity contribution in [1.29, 1.82) is 0 Å². The Morgan fingerprint density at radius 1 is 1.00 bits per heavy atom. The van der Waals surface area contributed by atoms with Crippen LogP contribution in [0.15, 0.2) is 18.5 Å². The number of amides is 2. The highest BCUT2D eigenvalue weighted by Gasteiger charge is 2.29. The largest absolute Gasteiger partial charge is 0.495 e. The van der Waals surface area contributed by atoms with E-state index in [4.69, 9.17) is 49.0 Å². The zero-order valence-electron chi connectivity index (χ0n) is 18.8. The summed E-state index contributed by atoms with van der Waals surface area (Å²) in [4.78, 5) is 33.8. The molecule has 32 heavy (non-hydrogen) atoms. The standard InChI is InChI=1S/C14H17Cl2NO5.C6H8ClN3/c1-14(2,3)22-13(19)17(7-18)12-10(15)8(20-4)6-9(21-5)11(12)16;1-10(2)6-3-5(7)8-4-9-6/h6-7H,1-5H3;3-4H,1-2H3. The van der Waals surface area contributed by atoms with Crippen molar-refractivity contribution < 1.29 is 23.8 Å². The van der Waals surface area contributed by atoms with Gasteiger partial charge in [0.25, 0.3) is 0 Å². The lowest BCUT2D eigenvalue weighted by atomic mass is 10.2. The summed E-state index contributed by atoms with van der Waals surface area (Å²) in [5.74, 6) is 1.22. The molecule has 2 amide bonds. The lowest BCUT2D eigenvalue weighted by Crippen LogP contribution is -2.36. The third-order valence-electron chi connectivity index (χ3n) is 3.56. The first-order valence-corrected chi connectivity index (χ1v) is 10.2. The van der Waals surface area contributed by atoms with Crippen LogP contribution in [-0.2, 0) is 9.53 Å². The summed E-state index contributed by atoms with van der Waals surface area (Å²) in [7, 11) is 6.57. The van der Waals surface area contributed by atoms with Crippen molar-refractivity contribution >= 4 is 58.8 Å². The summed E-state index contributed by atoms with van der Waals surface area (Å²) < 4.78 is 15.3. The van der Waals surface area contributed by atoms with Gasteiger partial charge in [0, 0.05) is 26.2 Å². The Bertz CT molecular complexity index is 923. The number of nitrogens with zero attached hydrogens (tertiary/aromatic N) is 4. The van der Waals surface area contributed by atoms with Gasteiger partial charge in [0.15, 0.2) is 0 Å². The zero-order chi connectivity index (χ0) is 24.6.